The van der Waals surface area contributed by atoms with Gasteiger partial charge in [0, 0.05) is 6.42 Å². The van der Waals surface area contributed by atoms with E-state index < -0.39 is 0 Å². The van der Waals surface area contributed by atoms with Crippen molar-refractivity contribution in [2.75, 3.05) is 6.61 Å². The van der Waals surface area contributed by atoms with Gasteiger partial charge in [0.25, 0.3) is 0 Å². The van der Waals surface area contributed by atoms with Gasteiger partial charge in [0.15, 0.2) is 0 Å². The van der Waals surface area contributed by atoms with Crippen LogP contribution in [-0.2, 0) is 0 Å². The Labute approximate surface area is 108 Å². The van der Waals surface area contributed by atoms with Crippen LogP contribution in [0.5, 0.6) is 5.75 Å². The zero-order valence-corrected chi connectivity index (χ0v) is 10.4. The Bertz CT molecular complexity index is 542. The van der Waals surface area contributed by atoms with E-state index >= 15 is 0 Å². The topological polar surface area (TPSA) is 33.0 Å². The second-order valence-electron chi connectivity index (χ2n) is 4.33. The molecule has 0 amide bonds. The van der Waals surface area contributed by atoms with Crippen LogP contribution in [0.2, 0.25) is 0 Å². The Hall–Kier alpha value is -2.01. The van der Waals surface area contributed by atoms with Gasteiger partial charge in [-0.15, -0.1) is 0 Å². The first-order valence-electron chi connectivity index (χ1n) is 6.39. The Morgan fingerprint density at radius 2 is 1.78 bits per heavy atom. The van der Waals surface area contributed by atoms with E-state index in [2.05, 4.69) is 30.3 Å². The fourth-order valence-corrected chi connectivity index (χ4v) is 1.93. The minimum atomic E-state index is 0.649. The molecule has 0 aliphatic heterocycles. The van der Waals surface area contributed by atoms with Crippen molar-refractivity contribution in [3.63, 3.8) is 0 Å². The van der Waals surface area contributed by atoms with Gasteiger partial charge in [0.05, 0.1) is 12.7 Å². The molecule has 0 unspecified atom stereocenters. The molecule has 0 saturated heterocycles. The summed E-state index contributed by atoms with van der Waals surface area (Å²) >= 11 is 0. The van der Waals surface area contributed by atoms with Crippen molar-refractivity contribution in [3.8, 4) is 11.8 Å². The Morgan fingerprint density at radius 3 is 2.61 bits per heavy atom. The fourth-order valence-electron chi connectivity index (χ4n) is 1.93. The minimum absolute atomic E-state index is 0.649. The molecule has 0 spiro atoms. The number of ether oxygens (including phenoxy) is 1. The van der Waals surface area contributed by atoms with Crippen LogP contribution in [0.15, 0.2) is 42.5 Å². The normalized spacial score (nSPS) is 10.2. The summed E-state index contributed by atoms with van der Waals surface area (Å²) in [5, 5.41) is 10.9. The molecule has 0 atom stereocenters. The Kier molecular flexibility index (Phi) is 4.60. The summed E-state index contributed by atoms with van der Waals surface area (Å²) in [5.74, 6) is 0.925. The number of hydrogen-bond donors (Lipinski definition) is 0. The molecular weight excluding hydrogens is 222 g/mol. The summed E-state index contributed by atoms with van der Waals surface area (Å²) < 4.78 is 5.71. The summed E-state index contributed by atoms with van der Waals surface area (Å²) in [6, 6.07) is 16.6. The van der Waals surface area contributed by atoms with Gasteiger partial charge < -0.3 is 4.74 Å². The third kappa shape index (κ3) is 3.49. The van der Waals surface area contributed by atoms with Gasteiger partial charge in [0.1, 0.15) is 5.75 Å². The monoisotopic (exact) mass is 239 g/mol. The first-order chi connectivity index (χ1) is 8.90. The van der Waals surface area contributed by atoms with Crippen molar-refractivity contribution in [1.82, 2.24) is 0 Å². The van der Waals surface area contributed by atoms with Gasteiger partial charge in [-0.2, -0.15) is 5.26 Å². The first-order valence-corrected chi connectivity index (χ1v) is 6.39. The highest BCUT2D eigenvalue weighted by molar-refractivity contribution is 5.83. The van der Waals surface area contributed by atoms with E-state index in [0.717, 1.165) is 31.6 Å². The van der Waals surface area contributed by atoms with Crippen LogP contribution < -0.4 is 4.74 Å². The van der Waals surface area contributed by atoms with Gasteiger partial charge in [-0.25, -0.2) is 0 Å². The van der Waals surface area contributed by atoms with E-state index in [1.54, 1.807) is 0 Å². The van der Waals surface area contributed by atoms with Gasteiger partial charge >= 0.3 is 0 Å². The third-order valence-corrected chi connectivity index (χ3v) is 2.92. The highest BCUT2D eigenvalue weighted by Crippen LogP contribution is 2.20. The molecule has 2 aromatic rings. The summed E-state index contributed by atoms with van der Waals surface area (Å²) in [4.78, 5) is 0. The molecule has 2 rings (SSSR count). The lowest BCUT2D eigenvalue weighted by molar-refractivity contribution is 0.306. The molecule has 18 heavy (non-hydrogen) atoms. The Morgan fingerprint density at radius 1 is 0.944 bits per heavy atom. The van der Waals surface area contributed by atoms with E-state index in [1.165, 1.54) is 10.8 Å². The van der Waals surface area contributed by atoms with E-state index in [9.17, 15) is 0 Å². The summed E-state index contributed by atoms with van der Waals surface area (Å²) in [7, 11) is 0. The van der Waals surface area contributed by atoms with Crippen molar-refractivity contribution in [1.29, 1.82) is 5.26 Å². The number of benzene rings is 2. The maximum atomic E-state index is 8.42. The Balaban J connectivity index is 1.83. The van der Waals surface area contributed by atoms with E-state index in [1.807, 2.05) is 18.2 Å². The molecule has 92 valence electrons. The van der Waals surface area contributed by atoms with E-state index in [0.29, 0.717) is 6.42 Å². The third-order valence-electron chi connectivity index (χ3n) is 2.92. The molecule has 2 heteroatoms. The standard InChI is InChI=1S/C16H17NO/c17-11-5-1-2-6-12-18-16-10-9-14-7-3-4-8-15(14)13-16/h3-4,7-10,13H,1-2,5-6,12H2. The van der Waals surface area contributed by atoms with Crippen molar-refractivity contribution < 1.29 is 4.74 Å². The van der Waals surface area contributed by atoms with Gasteiger partial charge in [-0.3, -0.25) is 0 Å². The number of unbranched alkanes of at least 4 members (excludes halogenated alkanes) is 3. The van der Waals surface area contributed by atoms with Crippen LogP contribution in [0, 0.1) is 11.3 Å². The average Bonchev–Trinajstić information content (AvgIpc) is 2.42. The van der Waals surface area contributed by atoms with Crippen LogP contribution in [0.4, 0.5) is 0 Å². The van der Waals surface area contributed by atoms with Gasteiger partial charge in [0.2, 0.25) is 0 Å². The highest BCUT2D eigenvalue weighted by Gasteiger charge is 1.97. The van der Waals surface area contributed by atoms with Crippen molar-refractivity contribution in [2.24, 2.45) is 0 Å². The lowest BCUT2D eigenvalue weighted by Gasteiger charge is -2.06. The first kappa shape index (κ1) is 12.4. The van der Waals surface area contributed by atoms with Crippen LogP contribution in [0.3, 0.4) is 0 Å². The second kappa shape index (κ2) is 6.66. The molecule has 0 radical (unpaired) electrons. The molecule has 0 aliphatic carbocycles. The zero-order valence-electron chi connectivity index (χ0n) is 10.4. The molecule has 0 aliphatic rings. The number of nitriles is 1. The van der Waals surface area contributed by atoms with Crippen LogP contribution in [0.25, 0.3) is 10.8 Å². The van der Waals surface area contributed by atoms with Crippen LogP contribution in [-0.4, -0.2) is 6.61 Å². The molecule has 0 heterocycles. The summed E-state index contributed by atoms with van der Waals surface area (Å²) in [6.45, 7) is 0.726. The SMILES string of the molecule is N#CCCCCCOc1ccc2ccccc2c1. The number of hydrogen-bond acceptors (Lipinski definition) is 2. The molecular formula is C16H17NO. The summed E-state index contributed by atoms with van der Waals surface area (Å²) in [6.07, 6.45) is 3.68. The van der Waals surface area contributed by atoms with Crippen molar-refractivity contribution in [3.05, 3.63) is 42.5 Å². The molecule has 2 aromatic carbocycles. The lowest BCUT2D eigenvalue weighted by Crippen LogP contribution is -1.97. The molecule has 2 nitrogen and oxygen atoms in total. The zero-order chi connectivity index (χ0) is 12.6. The predicted octanol–water partition coefficient (Wildman–Crippen LogP) is 4.30. The summed E-state index contributed by atoms with van der Waals surface area (Å²) in [5.41, 5.74) is 0. The quantitative estimate of drug-likeness (QED) is 0.704. The average molecular weight is 239 g/mol. The van der Waals surface area contributed by atoms with Crippen LogP contribution in [0.1, 0.15) is 25.7 Å². The van der Waals surface area contributed by atoms with E-state index in [-0.39, 0.29) is 0 Å². The van der Waals surface area contributed by atoms with Crippen molar-refractivity contribution in [2.45, 2.75) is 25.7 Å². The highest BCUT2D eigenvalue weighted by atomic mass is 16.5. The van der Waals surface area contributed by atoms with Gasteiger partial charge in [-0.1, -0.05) is 30.3 Å². The molecule has 0 aromatic heterocycles. The molecule has 0 fully saturated rings. The fraction of sp³-hybridized carbons (Fsp3) is 0.312. The number of rotatable bonds is 6. The van der Waals surface area contributed by atoms with Gasteiger partial charge in [-0.05, 0) is 42.2 Å². The maximum absolute atomic E-state index is 8.42. The van der Waals surface area contributed by atoms with E-state index in [4.69, 9.17) is 10.00 Å². The number of fused-ring (bicyclic) bond motifs is 1. The minimum Gasteiger partial charge on any atom is -0.494 e. The van der Waals surface area contributed by atoms with Crippen molar-refractivity contribution >= 4 is 10.8 Å². The lowest BCUT2D eigenvalue weighted by atomic mass is 10.1. The molecule has 0 N–H and O–H groups in total. The molecule has 0 saturated carbocycles. The second-order valence-corrected chi connectivity index (χ2v) is 4.33. The smallest absolute Gasteiger partial charge is 0.119 e. The number of nitrogens with zero attached hydrogens (tertiary/aromatic N) is 1. The largest absolute Gasteiger partial charge is 0.494 e. The predicted molar refractivity (Wildman–Crippen MR) is 73.5 cm³/mol. The van der Waals surface area contributed by atoms with Crippen LogP contribution >= 0.6 is 0 Å². The molecule has 0 bridgehead atoms. The maximum Gasteiger partial charge on any atom is 0.119 e.